The Bertz CT molecular complexity index is 816. The maximum absolute atomic E-state index is 12.1. The van der Waals surface area contributed by atoms with E-state index in [1.54, 1.807) is 12.1 Å². The normalized spacial score (nSPS) is 14.1. The van der Waals surface area contributed by atoms with E-state index in [1.807, 2.05) is 19.1 Å². The Morgan fingerprint density at radius 2 is 1.93 bits per heavy atom. The Kier molecular flexibility index (Phi) is 7.08. The number of fused-ring (bicyclic) bond motifs is 1. The van der Waals surface area contributed by atoms with Crippen LogP contribution in [0.1, 0.15) is 36.1 Å². The second-order valence-corrected chi connectivity index (χ2v) is 6.76. The van der Waals surface area contributed by atoms with Crippen LogP contribution in [0.25, 0.3) is 0 Å². The highest BCUT2D eigenvalue weighted by Crippen LogP contribution is 2.16. The van der Waals surface area contributed by atoms with Gasteiger partial charge in [-0.1, -0.05) is 24.3 Å². The van der Waals surface area contributed by atoms with E-state index in [2.05, 4.69) is 35.1 Å². The number of guanidine groups is 1. The molecule has 1 aliphatic rings. The van der Waals surface area contributed by atoms with E-state index < -0.39 is 12.8 Å². The monoisotopic (exact) mass is 410 g/mol. The molecular weight excluding hydrogens is 385 g/mol. The van der Waals surface area contributed by atoms with Crippen LogP contribution in [0.4, 0.5) is 13.2 Å². The SMILES string of the molecule is CCNC(=NCc1ccc(COCC(F)(F)F)cc1)NCc1nnc2n1CCC2. The van der Waals surface area contributed by atoms with Gasteiger partial charge in [0.25, 0.3) is 0 Å². The molecule has 3 rings (SSSR count). The van der Waals surface area contributed by atoms with Gasteiger partial charge in [0.05, 0.1) is 19.7 Å². The van der Waals surface area contributed by atoms with Gasteiger partial charge in [0.1, 0.15) is 12.4 Å². The van der Waals surface area contributed by atoms with Crippen LogP contribution in [0.3, 0.4) is 0 Å². The van der Waals surface area contributed by atoms with Gasteiger partial charge in [0.2, 0.25) is 0 Å². The summed E-state index contributed by atoms with van der Waals surface area (Å²) >= 11 is 0. The number of aliphatic imine (C=N–C) groups is 1. The average molecular weight is 410 g/mol. The van der Waals surface area contributed by atoms with Gasteiger partial charge in [-0.05, 0) is 24.5 Å². The first kappa shape index (κ1) is 21.1. The number of halogens is 3. The van der Waals surface area contributed by atoms with Crippen molar-refractivity contribution in [3.8, 4) is 0 Å². The van der Waals surface area contributed by atoms with Gasteiger partial charge < -0.3 is 19.9 Å². The number of nitrogens with one attached hydrogen (secondary N) is 2. The smallest absolute Gasteiger partial charge is 0.367 e. The number of ether oxygens (including phenoxy) is 1. The third kappa shape index (κ3) is 6.45. The Balaban J connectivity index is 1.51. The summed E-state index contributed by atoms with van der Waals surface area (Å²) in [5.74, 6) is 2.59. The summed E-state index contributed by atoms with van der Waals surface area (Å²) < 4.78 is 43.2. The Hall–Kier alpha value is -2.62. The van der Waals surface area contributed by atoms with Crippen LogP contribution in [0.2, 0.25) is 0 Å². The van der Waals surface area contributed by atoms with Crippen LogP contribution in [0, 0.1) is 0 Å². The highest BCUT2D eigenvalue weighted by molar-refractivity contribution is 5.79. The second-order valence-electron chi connectivity index (χ2n) is 6.76. The molecule has 0 saturated heterocycles. The average Bonchev–Trinajstić information content (AvgIpc) is 3.28. The molecule has 0 spiro atoms. The molecule has 1 aromatic carbocycles. The fourth-order valence-corrected chi connectivity index (χ4v) is 3.04. The predicted octanol–water partition coefficient (Wildman–Crippen LogP) is 2.56. The first-order valence-electron chi connectivity index (χ1n) is 9.60. The summed E-state index contributed by atoms with van der Waals surface area (Å²) in [6.07, 6.45) is -2.24. The third-order valence-electron chi connectivity index (χ3n) is 4.42. The lowest BCUT2D eigenvalue weighted by Gasteiger charge is -2.11. The lowest BCUT2D eigenvalue weighted by molar-refractivity contribution is -0.176. The quantitative estimate of drug-likeness (QED) is 0.517. The molecule has 0 fully saturated rings. The van der Waals surface area contributed by atoms with E-state index in [1.165, 1.54) is 0 Å². The fourth-order valence-electron chi connectivity index (χ4n) is 3.04. The number of benzene rings is 1. The van der Waals surface area contributed by atoms with Gasteiger partial charge in [0.15, 0.2) is 11.8 Å². The number of rotatable bonds is 8. The van der Waals surface area contributed by atoms with Crippen molar-refractivity contribution < 1.29 is 17.9 Å². The van der Waals surface area contributed by atoms with E-state index in [0.29, 0.717) is 24.6 Å². The minimum Gasteiger partial charge on any atom is -0.367 e. The molecule has 1 aromatic heterocycles. The summed E-state index contributed by atoms with van der Waals surface area (Å²) in [7, 11) is 0. The van der Waals surface area contributed by atoms with Crippen molar-refractivity contribution in [2.75, 3.05) is 13.2 Å². The molecule has 158 valence electrons. The molecule has 0 amide bonds. The number of hydrogen-bond acceptors (Lipinski definition) is 4. The number of alkyl halides is 3. The van der Waals surface area contributed by atoms with Gasteiger partial charge >= 0.3 is 6.18 Å². The highest BCUT2D eigenvalue weighted by atomic mass is 19.4. The Morgan fingerprint density at radius 1 is 1.17 bits per heavy atom. The molecule has 0 aliphatic carbocycles. The molecule has 2 heterocycles. The van der Waals surface area contributed by atoms with E-state index in [9.17, 15) is 13.2 Å². The van der Waals surface area contributed by atoms with Crippen LogP contribution in [-0.4, -0.2) is 40.1 Å². The molecule has 0 bridgehead atoms. The highest BCUT2D eigenvalue weighted by Gasteiger charge is 2.27. The van der Waals surface area contributed by atoms with E-state index in [4.69, 9.17) is 0 Å². The van der Waals surface area contributed by atoms with Crippen molar-refractivity contribution in [1.82, 2.24) is 25.4 Å². The molecule has 2 aromatic rings. The molecule has 0 atom stereocenters. The van der Waals surface area contributed by atoms with Crippen molar-refractivity contribution >= 4 is 5.96 Å². The molecule has 1 aliphatic heterocycles. The molecule has 2 N–H and O–H groups in total. The minimum absolute atomic E-state index is 0.0735. The Morgan fingerprint density at radius 3 is 2.66 bits per heavy atom. The molecule has 10 heteroatoms. The molecule has 7 nitrogen and oxygen atoms in total. The zero-order valence-electron chi connectivity index (χ0n) is 16.3. The van der Waals surface area contributed by atoms with E-state index in [0.717, 1.165) is 43.1 Å². The van der Waals surface area contributed by atoms with Crippen LogP contribution in [0.5, 0.6) is 0 Å². The van der Waals surface area contributed by atoms with Gasteiger partial charge in [-0.3, -0.25) is 0 Å². The minimum atomic E-state index is -4.31. The van der Waals surface area contributed by atoms with Crippen LogP contribution >= 0.6 is 0 Å². The van der Waals surface area contributed by atoms with Crippen molar-refractivity contribution in [2.45, 2.75) is 52.2 Å². The summed E-state index contributed by atoms with van der Waals surface area (Å²) in [5, 5.41) is 14.9. The molecule has 0 radical (unpaired) electrons. The number of aryl methyl sites for hydroxylation is 1. The zero-order chi connectivity index (χ0) is 20.7. The molecule has 0 unspecified atom stereocenters. The summed E-state index contributed by atoms with van der Waals surface area (Å²) in [6.45, 7) is 3.32. The van der Waals surface area contributed by atoms with Gasteiger partial charge in [-0.25, -0.2) is 4.99 Å². The lowest BCUT2D eigenvalue weighted by atomic mass is 10.1. The molecular formula is C19H25F3N6O. The first-order valence-corrected chi connectivity index (χ1v) is 9.60. The lowest BCUT2D eigenvalue weighted by Crippen LogP contribution is -2.37. The maximum atomic E-state index is 12.1. The summed E-state index contributed by atoms with van der Waals surface area (Å²) in [4.78, 5) is 4.56. The summed E-state index contributed by atoms with van der Waals surface area (Å²) in [6, 6.07) is 7.18. The zero-order valence-corrected chi connectivity index (χ0v) is 16.3. The topological polar surface area (TPSA) is 76.4 Å². The first-order chi connectivity index (χ1) is 13.9. The third-order valence-corrected chi connectivity index (χ3v) is 4.42. The largest absolute Gasteiger partial charge is 0.411 e. The standard InChI is InChI=1S/C19H25F3N6O/c1-2-23-18(25-11-17-27-26-16-4-3-9-28(16)17)24-10-14-5-7-15(8-6-14)12-29-13-19(20,21)22/h5-8H,2-4,9-13H2,1H3,(H2,23,24,25). The van der Waals surface area contributed by atoms with Gasteiger partial charge in [0, 0.05) is 19.5 Å². The van der Waals surface area contributed by atoms with Crippen molar-refractivity contribution in [3.63, 3.8) is 0 Å². The number of nitrogens with zero attached hydrogens (tertiary/aromatic N) is 4. The van der Waals surface area contributed by atoms with Gasteiger partial charge in [-0.2, -0.15) is 13.2 Å². The van der Waals surface area contributed by atoms with Crippen LogP contribution in [-0.2, 0) is 37.4 Å². The van der Waals surface area contributed by atoms with Crippen molar-refractivity contribution in [1.29, 1.82) is 0 Å². The van der Waals surface area contributed by atoms with E-state index >= 15 is 0 Å². The van der Waals surface area contributed by atoms with Crippen LogP contribution in [0.15, 0.2) is 29.3 Å². The summed E-state index contributed by atoms with van der Waals surface area (Å²) in [5.41, 5.74) is 1.64. The Labute approximate surface area is 167 Å². The maximum Gasteiger partial charge on any atom is 0.411 e. The fraction of sp³-hybridized carbons (Fsp3) is 0.526. The number of aromatic nitrogens is 3. The van der Waals surface area contributed by atoms with Crippen molar-refractivity contribution in [2.24, 2.45) is 4.99 Å². The molecule has 29 heavy (non-hydrogen) atoms. The predicted molar refractivity (Wildman–Crippen MR) is 102 cm³/mol. The van der Waals surface area contributed by atoms with Crippen LogP contribution < -0.4 is 10.6 Å². The van der Waals surface area contributed by atoms with Gasteiger partial charge in [-0.15, -0.1) is 10.2 Å². The second kappa shape index (κ2) is 9.73. The van der Waals surface area contributed by atoms with E-state index in [-0.39, 0.29) is 6.61 Å². The van der Waals surface area contributed by atoms with Crippen molar-refractivity contribution in [3.05, 3.63) is 47.0 Å². The number of hydrogen-bond donors (Lipinski definition) is 2. The molecule has 0 saturated carbocycles.